The molecule has 0 aliphatic rings. The molecule has 2 nitrogen and oxygen atoms in total. The van der Waals surface area contributed by atoms with Gasteiger partial charge in [-0.3, -0.25) is 4.79 Å². The molecule has 1 atom stereocenters. The lowest BCUT2D eigenvalue weighted by molar-refractivity contribution is -0.138. The van der Waals surface area contributed by atoms with E-state index in [-0.39, 0.29) is 5.41 Å². The van der Waals surface area contributed by atoms with E-state index in [1.165, 1.54) is 11.1 Å². The summed E-state index contributed by atoms with van der Waals surface area (Å²) < 4.78 is 0. The molecule has 0 spiro atoms. The number of carbonyl (C=O) groups is 1. The zero-order chi connectivity index (χ0) is 17.9. The van der Waals surface area contributed by atoms with Gasteiger partial charge in [-0.15, -0.1) is 0 Å². The Kier molecular flexibility index (Phi) is 5.48. The summed E-state index contributed by atoms with van der Waals surface area (Å²) in [6.07, 6.45) is 0.516. The molecule has 2 aromatic carbocycles. The van der Waals surface area contributed by atoms with Gasteiger partial charge in [0.05, 0.1) is 5.92 Å². The summed E-state index contributed by atoms with van der Waals surface area (Å²) in [5.41, 5.74) is 4.50. The topological polar surface area (TPSA) is 37.3 Å². The highest BCUT2D eigenvalue weighted by molar-refractivity contribution is 5.76. The molecule has 24 heavy (non-hydrogen) atoms. The van der Waals surface area contributed by atoms with E-state index < -0.39 is 11.9 Å². The van der Waals surface area contributed by atoms with E-state index in [2.05, 4.69) is 58.9 Å². The number of benzene rings is 2. The van der Waals surface area contributed by atoms with Gasteiger partial charge in [-0.2, -0.15) is 0 Å². The van der Waals surface area contributed by atoms with Crippen LogP contribution in [0.5, 0.6) is 0 Å². The van der Waals surface area contributed by atoms with Crippen molar-refractivity contribution in [2.24, 2.45) is 0 Å². The summed E-state index contributed by atoms with van der Waals surface area (Å²) in [4.78, 5) is 11.8. The lowest BCUT2D eigenvalue weighted by Crippen LogP contribution is -2.16. The minimum Gasteiger partial charge on any atom is -0.481 e. The third-order valence-electron chi connectivity index (χ3n) is 4.56. The Balaban J connectivity index is 2.22. The predicted molar refractivity (Wildman–Crippen MR) is 99.8 cm³/mol. The maximum atomic E-state index is 11.8. The van der Waals surface area contributed by atoms with Crippen LogP contribution in [0.1, 0.15) is 68.7 Å². The lowest BCUT2D eigenvalue weighted by atomic mass is 9.84. The van der Waals surface area contributed by atoms with E-state index >= 15 is 0 Å². The summed E-state index contributed by atoms with van der Waals surface area (Å²) in [5, 5.41) is 9.66. The first kappa shape index (κ1) is 18.3. The standard InChI is InChI=1S/C22H28O2/c1-15(2)17-8-6-16(7-9-17)14-20(21(23)24)18-10-12-19(13-11-18)22(3,4)5/h6-13,15,20H,14H2,1-5H3,(H,23,24). The maximum absolute atomic E-state index is 11.8. The second-order valence-corrected chi connectivity index (χ2v) is 7.86. The molecule has 0 aliphatic carbocycles. The van der Waals surface area contributed by atoms with Crippen LogP contribution in [-0.4, -0.2) is 11.1 Å². The fourth-order valence-corrected chi connectivity index (χ4v) is 2.84. The van der Waals surface area contributed by atoms with Gasteiger partial charge in [0.1, 0.15) is 0 Å². The first-order valence-corrected chi connectivity index (χ1v) is 8.60. The third-order valence-corrected chi connectivity index (χ3v) is 4.56. The van der Waals surface area contributed by atoms with Crippen LogP contribution >= 0.6 is 0 Å². The predicted octanol–water partition coefficient (Wildman–Crippen LogP) is 5.52. The number of aliphatic carboxylic acids is 1. The number of hydrogen-bond donors (Lipinski definition) is 1. The molecule has 2 rings (SSSR count). The first-order valence-electron chi connectivity index (χ1n) is 8.60. The molecule has 0 heterocycles. The fraction of sp³-hybridized carbons (Fsp3) is 0.409. The van der Waals surface area contributed by atoms with Crippen molar-refractivity contribution < 1.29 is 9.90 Å². The molecule has 1 unspecified atom stereocenters. The molecule has 0 fully saturated rings. The van der Waals surface area contributed by atoms with Gasteiger partial charge >= 0.3 is 5.97 Å². The maximum Gasteiger partial charge on any atom is 0.311 e. The molecule has 0 amide bonds. The van der Waals surface area contributed by atoms with Crippen LogP contribution in [0.3, 0.4) is 0 Å². The van der Waals surface area contributed by atoms with Gasteiger partial charge in [0, 0.05) is 0 Å². The zero-order valence-electron chi connectivity index (χ0n) is 15.3. The van der Waals surface area contributed by atoms with E-state index in [9.17, 15) is 9.90 Å². The van der Waals surface area contributed by atoms with Crippen molar-refractivity contribution in [1.29, 1.82) is 0 Å². The van der Waals surface area contributed by atoms with Gasteiger partial charge in [0.25, 0.3) is 0 Å². The Morgan fingerprint density at radius 3 is 1.83 bits per heavy atom. The molecule has 0 aliphatic heterocycles. The van der Waals surface area contributed by atoms with Crippen molar-refractivity contribution in [3.8, 4) is 0 Å². The van der Waals surface area contributed by atoms with Crippen molar-refractivity contribution in [2.45, 2.75) is 58.3 Å². The third kappa shape index (κ3) is 4.47. The minimum atomic E-state index is -0.772. The van der Waals surface area contributed by atoms with Crippen molar-refractivity contribution in [2.75, 3.05) is 0 Å². The average molecular weight is 324 g/mol. The summed E-state index contributed by atoms with van der Waals surface area (Å²) in [7, 11) is 0. The van der Waals surface area contributed by atoms with Crippen molar-refractivity contribution in [3.63, 3.8) is 0 Å². The van der Waals surface area contributed by atoms with Gasteiger partial charge in [0.2, 0.25) is 0 Å². The molecular formula is C22H28O2. The zero-order valence-corrected chi connectivity index (χ0v) is 15.3. The normalized spacial score (nSPS) is 13.1. The molecular weight excluding hydrogens is 296 g/mol. The molecule has 1 N–H and O–H groups in total. The molecule has 0 saturated heterocycles. The number of hydrogen-bond acceptors (Lipinski definition) is 1. The second kappa shape index (κ2) is 7.21. The number of carboxylic acid groups (broad SMARTS) is 1. The van der Waals surface area contributed by atoms with Crippen LogP contribution in [0.4, 0.5) is 0 Å². The molecule has 2 aromatic rings. The molecule has 128 valence electrons. The summed E-state index contributed by atoms with van der Waals surface area (Å²) in [5.74, 6) is -0.797. The summed E-state index contributed by atoms with van der Waals surface area (Å²) in [6, 6.07) is 16.3. The lowest BCUT2D eigenvalue weighted by Gasteiger charge is -2.20. The SMILES string of the molecule is CC(C)c1ccc(CC(C(=O)O)c2ccc(C(C)(C)C)cc2)cc1. The monoisotopic (exact) mass is 324 g/mol. The van der Waals surface area contributed by atoms with Crippen LogP contribution in [-0.2, 0) is 16.6 Å². The molecule has 0 radical (unpaired) electrons. The molecule has 0 bridgehead atoms. The van der Waals surface area contributed by atoms with Crippen LogP contribution < -0.4 is 0 Å². The number of carboxylic acids is 1. The van der Waals surface area contributed by atoms with Crippen molar-refractivity contribution in [1.82, 2.24) is 0 Å². The largest absolute Gasteiger partial charge is 0.481 e. The Labute approximate surface area is 145 Å². The van der Waals surface area contributed by atoms with Crippen molar-refractivity contribution >= 4 is 5.97 Å². The molecule has 0 saturated carbocycles. The van der Waals surface area contributed by atoms with Gasteiger partial charge in [0.15, 0.2) is 0 Å². The highest BCUT2D eigenvalue weighted by atomic mass is 16.4. The molecule has 2 heteroatoms. The van der Waals surface area contributed by atoms with Gasteiger partial charge < -0.3 is 5.11 Å². The minimum absolute atomic E-state index is 0.0733. The van der Waals surface area contributed by atoms with E-state index in [4.69, 9.17) is 0 Å². The van der Waals surface area contributed by atoms with Gasteiger partial charge in [-0.25, -0.2) is 0 Å². The van der Waals surface area contributed by atoms with E-state index in [0.29, 0.717) is 12.3 Å². The second-order valence-electron chi connectivity index (χ2n) is 7.86. The highest BCUT2D eigenvalue weighted by Gasteiger charge is 2.21. The fourth-order valence-electron chi connectivity index (χ4n) is 2.84. The van der Waals surface area contributed by atoms with E-state index in [1.807, 2.05) is 24.3 Å². The Morgan fingerprint density at radius 2 is 1.42 bits per heavy atom. The molecule has 0 aromatic heterocycles. The quantitative estimate of drug-likeness (QED) is 0.786. The Bertz CT molecular complexity index is 673. The smallest absolute Gasteiger partial charge is 0.311 e. The average Bonchev–Trinajstić information content (AvgIpc) is 2.52. The van der Waals surface area contributed by atoms with Crippen LogP contribution in [0.25, 0.3) is 0 Å². The van der Waals surface area contributed by atoms with Crippen molar-refractivity contribution in [3.05, 3.63) is 70.8 Å². The van der Waals surface area contributed by atoms with Crippen LogP contribution in [0, 0.1) is 0 Å². The van der Waals surface area contributed by atoms with Crippen LogP contribution in [0.2, 0.25) is 0 Å². The summed E-state index contributed by atoms with van der Waals surface area (Å²) >= 11 is 0. The Hall–Kier alpha value is -2.09. The Morgan fingerprint density at radius 1 is 0.917 bits per heavy atom. The highest BCUT2D eigenvalue weighted by Crippen LogP contribution is 2.27. The summed E-state index contributed by atoms with van der Waals surface area (Å²) in [6.45, 7) is 10.8. The van der Waals surface area contributed by atoms with Crippen LogP contribution in [0.15, 0.2) is 48.5 Å². The van der Waals surface area contributed by atoms with E-state index in [1.54, 1.807) is 0 Å². The van der Waals surface area contributed by atoms with E-state index in [0.717, 1.165) is 11.1 Å². The van der Waals surface area contributed by atoms with Gasteiger partial charge in [-0.1, -0.05) is 83.1 Å². The van der Waals surface area contributed by atoms with Gasteiger partial charge in [-0.05, 0) is 40.0 Å². The first-order chi connectivity index (χ1) is 11.2. The number of rotatable bonds is 5.